The van der Waals surface area contributed by atoms with Gasteiger partial charge in [0.2, 0.25) is 0 Å². The maximum absolute atomic E-state index is 2.48. The fourth-order valence-electron chi connectivity index (χ4n) is 7.28. The number of rotatable bonds is 29. The van der Waals surface area contributed by atoms with Crippen molar-refractivity contribution in [2.24, 2.45) is 17.3 Å². The van der Waals surface area contributed by atoms with Crippen LogP contribution in [0, 0.1) is 17.3 Å². The minimum absolute atomic E-state index is 0.627. The van der Waals surface area contributed by atoms with Crippen LogP contribution in [0.15, 0.2) is 0 Å². The van der Waals surface area contributed by atoms with Gasteiger partial charge in [-0.05, 0) is 49.4 Å². The van der Waals surface area contributed by atoms with Crippen molar-refractivity contribution in [2.45, 2.75) is 215 Å². The Kier molecular flexibility index (Phi) is 26.6. The lowest BCUT2D eigenvalue weighted by Gasteiger charge is -2.49. The summed E-state index contributed by atoms with van der Waals surface area (Å²) in [5, 5.41) is 0. The molecule has 0 aliphatic heterocycles. The molecule has 0 spiro atoms. The van der Waals surface area contributed by atoms with E-state index in [-0.39, 0.29) is 0 Å². The Hall–Kier alpha value is 0. The van der Waals surface area contributed by atoms with E-state index in [0.717, 1.165) is 11.8 Å². The van der Waals surface area contributed by atoms with Crippen molar-refractivity contribution in [2.75, 3.05) is 0 Å². The minimum atomic E-state index is 0.627. The van der Waals surface area contributed by atoms with Crippen molar-refractivity contribution in [3.05, 3.63) is 0 Å². The highest BCUT2D eigenvalue weighted by atomic mass is 14.5. The molecule has 0 bridgehead atoms. The van der Waals surface area contributed by atoms with Crippen LogP contribution >= 0.6 is 0 Å². The van der Waals surface area contributed by atoms with Crippen molar-refractivity contribution in [1.29, 1.82) is 0 Å². The van der Waals surface area contributed by atoms with Crippen LogP contribution in [-0.2, 0) is 0 Å². The number of hydrogen-bond donors (Lipinski definition) is 0. The van der Waals surface area contributed by atoms with Crippen molar-refractivity contribution >= 4 is 0 Å². The molecule has 0 saturated carbocycles. The van der Waals surface area contributed by atoms with E-state index in [9.17, 15) is 0 Å². The van der Waals surface area contributed by atoms with Gasteiger partial charge >= 0.3 is 0 Å². The summed E-state index contributed by atoms with van der Waals surface area (Å²) in [6, 6.07) is 0. The molecule has 0 aromatic heterocycles. The second-order valence-corrected chi connectivity index (χ2v) is 12.6. The first-order valence-corrected chi connectivity index (χ1v) is 17.7. The van der Waals surface area contributed by atoms with E-state index < -0.39 is 0 Å². The molecule has 0 fully saturated rings. The normalized spacial score (nSPS) is 13.1. The van der Waals surface area contributed by atoms with Crippen LogP contribution < -0.4 is 0 Å². The maximum atomic E-state index is 2.48. The molecule has 1 atom stereocenters. The summed E-state index contributed by atoms with van der Waals surface area (Å²) in [4.78, 5) is 0. The molecule has 0 aliphatic rings. The second kappa shape index (κ2) is 26.6. The zero-order valence-electron chi connectivity index (χ0n) is 26.7. The standard InChI is InChI=1S/C36H74/c1-7-13-18-23-29-34(28-12-6)36(32-26-21-16-10-4,33-27-22-17-11-5)35(30-24-19-14-8-2)31-25-20-15-9-3/h34-35H,7-33H2,1-6H3. The Morgan fingerprint density at radius 2 is 0.611 bits per heavy atom. The fraction of sp³-hybridized carbons (Fsp3) is 1.00. The molecule has 0 N–H and O–H groups in total. The minimum Gasteiger partial charge on any atom is -0.0654 e. The van der Waals surface area contributed by atoms with Crippen LogP contribution in [0.5, 0.6) is 0 Å². The zero-order chi connectivity index (χ0) is 26.7. The van der Waals surface area contributed by atoms with Gasteiger partial charge in [0.05, 0.1) is 0 Å². The molecule has 1 unspecified atom stereocenters. The largest absolute Gasteiger partial charge is 0.0654 e. The van der Waals surface area contributed by atoms with E-state index in [0.29, 0.717) is 5.41 Å². The quantitative estimate of drug-likeness (QED) is 0.0884. The molecule has 0 aromatic rings. The van der Waals surface area contributed by atoms with Gasteiger partial charge in [0.25, 0.3) is 0 Å². The summed E-state index contributed by atoms with van der Waals surface area (Å²) in [7, 11) is 0. The van der Waals surface area contributed by atoms with Crippen LogP contribution in [0.1, 0.15) is 215 Å². The van der Waals surface area contributed by atoms with Crippen molar-refractivity contribution < 1.29 is 0 Å². The Labute approximate surface area is 232 Å². The predicted molar refractivity (Wildman–Crippen MR) is 168 cm³/mol. The van der Waals surface area contributed by atoms with Gasteiger partial charge in [-0.1, -0.05) is 183 Å². The summed E-state index contributed by atoms with van der Waals surface area (Å²) < 4.78 is 0. The molecular weight excluding hydrogens is 432 g/mol. The Balaban J connectivity index is 6.03. The molecule has 218 valence electrons. The number of unbranched alkanes of at least 4 members (excludes halogenated alkanes) is 15. The average molecular weight is 507 g/mol. The van der Waals surface area contributed by atoms with E-state index in [2.05, 4.69) is 41.5 Å². The number of hydrogen-bond acceptors (Lipinski definition) is 0. The van der Waals surface area contributed by atoms with Crippen molar-refractivity contribution in [1.82, 2.24) is 0 Å². The van der Waals surface area contributed by atoms with E-state index >= 15 is 0 Å². The first-order valence-electron chi connectivity index (χ1n) is 17.7. The molecule has 0 aliphatic carbocycles. The molecule has 0 aromatic carbocycles. The summed E-state index contributed by atoms with van der Waals surface area (Å²) >= 11 is 0. The van der Waals surface area contributed by atoms with Crippen LogP contribution in [-0.4, -0.2) is 0 Å². The van der Waals surface area contributed by atoms with Crippen LogP contribution in [0.2, 0.25) is 0 Å². The van der Waals surface area contributed by atoms with Gasteiger partial charge in [0.15, 0.2) is 0 Å². The molecule has 0 heterocycles. The Morgan fingerprint density at radius 3 is 0.917 bits per heavy atom. The molecule has 36 heavy (non-hydrogen) atoms. The third-order valence-electron chi connectivity index (χ3n) is 9.47. The fourth-order valence-corrected chi connectivity index (χ4v) is 7.28. The highest BCUT2D eigenvalue weighted by Gasteiger charge is 2.42. The topological polar surface area (TPSA) is 0 Å². The van der Waals surface area contributed by atoms with Crippen LogP contribution in [0.4, 0.5) is 0 Å². The first-order chi connectivity index (χ1) is 17.7. The molecule has 0 heteroatoms. The van der Waals surface area contributed by atoms with Gasteiger partial charge in [0, 0.05) is 0 Å². The lowest BCUT2D eigenvalue weighted by Crippen LogP contribution is -2.39. The van der Waals surface area contributed by atoms with E-state index in [4.69, 9.17) is 0 Å². The summed E-state index contributed by atoms with van der Waals surface area (Å²) in [5.41, 5.74) is 0.627. The van der Waals surface area contributed by atoms with E-state index in [1.54, 1.807) is 12.8 Å². The average Bonchev–Trinajstić information content (AvgIpc) is 2.89. The summed E-state index contributed by atoms with van der Waals surface area (Å²) in [6.07, 6.45) is 39.5. The lowest BCUT2D eigenvalue weighted by molar-refractivity contribution is 0.0149. The van der Waals surface area contributed by atoms with Gasteiger partial charge in [-0.25, -0.2) is 0 Å². The van der Waals surface area contributed by atoms with Gasteiger partial charge in [-0.15, -0.1) is 0 Å². The van der Waals surface area contributed by atoms with E-state index in [1.165, 1.54) is 161 Å². The highest BCUT2D eigenvalue weighted by Crippen LogP contribution is 2.53. The Bertz CT molecular complexity index is 386. The monoisotopic (exact) mass is 507 g/mol. The third kappa shape index (κ3) is 16.8. The zero-order valence-corrected chi connectivity index (χ0v) is 26.7. The highest BCUT2D eigenvalue weighted by molar-refractivity contribution is 4.92. The van der Waals surface area contributed by atoms with Crippen molar-refractivity contribution in [3.63, 3.8) is 0 Å². The summed E-state index contributed by atoms with van der Waals surface area (Å²) in [5.74, 6) is 1.96. The van der Waals surface area contributed by atoms with Crippen LogP contribution in [0.25, 0.3) is 0 Å². The Morgan fingerprint density at radius 1 is 0.306 bits per heavy atom. The third-order valence-corrected chi connectivity index (χ3v) is 9.47. The van der Waals surface area contributed by atoms with E-state index in [1.807, 2.05) is 0 Å². The summed E-state index contributed by atoms with van der Waals surface area (Å²) in [6.45, 7) is 14.4. The predicted octanol–water partition coefficient (Wildman–Crippen LogP) is 13.9. The molecule has 0 radical (unpaired) electrons. The smallest absolute Gasteiger partial charge is 0.0241 e. The molecular formula is C36H74. The maximum Gasteiger partial charge on any atom is -0.0241 e. The molecule has 0 nitrogen and oxygen atoms in total. The first kappa shape index (κ1) is 36.0. The SMILES string of the molecule is CCCCCCC(CCC)C(CCCCCC)(CCCCCC)C(CCCCCC)CCCCCC. The van der Waals surface area contributed by atoms with Gasteiger partial charge in [0.1, 0.15) is 0 Å². The molecule has 0 amide bonds. The van der Waals surface area contributed by atoms with Gasteiger partial charge in [-0.3, -0.25) is 0 Å². The van der Waals surface area contributed by atoms with Gasteiger partial charge < -0.3 is 0 Å². The second-order valence-electron chi connectivity index (χ2n) is 12.6. The van der Waals surface area contributed by atoms with Crippen LogP contribution in [0.3, 0.4) is 0 Å². The lowest BCUT2D eigenvalue weighted by atomic mass is 9.56. The van der Waals surface area contributed by atoms with Gasteiger partial charge in [-0.2, -0.15) is 0 Å². The molecule has 0 saturated heterocycles. The molecule has 0 rings (SSSR count). The van der Waals surface area contributed by atoms with Crippen molar-refractivity contribution in [3.8, 4) is 0 Å².